The summed E-state index contributed by atoms with van der Waals surface area (Å²) in [6, 6.07) is 15.4. The lowest BCUT2D eigenvalue weighted by molar-refractivity contribution is 0.0986. The molecule has 0 saturated heterocycles. The molecule has 2 heterocycles. The van der Waals surface area contributed by atoms with Gasteiger partial charge < -0.3 is 4.90 Å². The molecule has 6 nitrogen and oxygen atoms in total. The third-order valence-electron chi connectivity index (χ3n) is 3.89. The summed E-state index contributed by atoms with van der Waals surface area (Å²) in [6.07, 6.45) is 2.49. The van der Waals surface area contributed by atoms with Crippen molar-refractivity contribution in [3.8, 4) is 5.69 Å². The van der Waals surface area contributed by atoms with E-state index in [0.29, 0.717) is 5.56 Å². The van der Waals surface area contributed by atoms with Crippen LogP contribution < -0.4 is 4.90 Å². The Morgan fingerprint density at radius 2 is 2.04 bits per heavy atom. The molecule has 1 aliphatic heterocycles. The van der Waals surface area contributed by atoms with Gasteiger partial charge in [-0.1, -0.05) is 18.2 Å². The fourth-order valence-electron chi connectivity index (χ4n) is 2.76. The lowest BCUT2D eigenvalue weighted by Crippen LogP contribution is -2.31. The number of hydrogen-bond donors (Lipinski definition) is 0. The Bertz CT molecular complexity index is 865. The first-order valence-electron chi connectivity index (χ1n) is 7.70. The van der Waals surface area contributed by atoms with Gasteiger partial charge in [-0.25, -0.2) is 4.68 Å². The Kier molecular flexibility index (Phi) is 4.00. The molecule has 0 spiro atoms. The Labute approximate surface area is 143 Å². The normalized spacial score (nSPS) is 14.1. The van der Waals surface area contributed by atoms with Gasteiger partial charge >= 0.3 is 0 Å². The zero-order valence-corrected chi connectivity index (χ0v) is 13.7. The number of rotatable bonds is 2. The standard InChI is InChI=1S/C17H15N5OS/c23-17(13-5-3-6-14(11-13)22-12-18-19-20-22)21-9-4-10-24-16-8-2-1-7-15(16)21/h1-3,5-8,11-12H,4,9-10H2. The number of benzene rings is 2. The van der Waals surface area contributed by atoms with Crippen LogP contribution in [0.25, 0.3) is 5.69 Å². The van der Waals surface area contributed by atoms with Crippen molar-refractivity contribution in [1.82, 2.24) is 20.2 Å². The molecule has 0 N–H and O–H groups in total. The number of tetrazole rings is 1. The first kappa shape index (κ1) is 14.9. The zero-order valence-electron chi connectivity index (χ0n) is 12.9. The summed E-state index contributed by atoms with van der Waals surface area (Å²) in [5.74, 6) is 1.02. The molecule has 0 fully saturated rings. The van der Waals surface area contributed by atoms with Gasteiger partial charge in [-0.15, -0.1) is 16.9 Å². The van der Waals surface area contributed by atoms with Crippen molar-refractivity contribution in [1.29, 1.82) is 0 Å². The highest BCUT2D eigenvalue weighted by atomic mass is 32.2. The van der Waals surface area contributed by atoms with E-state index >= 15 is 0 Å². The van der Waals surface area contributed by atoms with Crippen molar-refractivity contribution in [2.24, 2.45) is 0 Å². The number of carbonyl (C=O) groups excluding carboxylic acids is 1. The van der Waals surface area contributed by atoms with Crippen LogP contribution in [0.5, 0.6) is 0 Å². The van der Waals surface area contributed by atoms with Crippen molar-refractivity contribution >= 4 is 23.4 Å². The van der Waals surface area contributed by atoms with Crippen LogP contribution in [-0.2, 0) is 0 Å². The number of anilines is 1. The van der Waals surface area contributed by atoms with E-state index in [9.17, 15) is 4.79 Å². The van der Waals surface area contributed by atoms with E-state index in [0.717, 1.165) is 35.0 Å². The smallest absolute Gasteiger partial charge is 0.258 e. The molecule has 1 aliphatic rings. The van der Waals surface area contributed by atoms with Gasteiger partial charge in [0.25, 0.3) is 5.91 Å². The van der Waals surface area contributed by atoms with Crippen LogP contribution in [0.15, 0.2) is 59.8 Å². The van der Waals surface area contributed by atoms with E-state index in [1.54, 1.807) is 16.4 Å². The molecule has 1 amide bonds. The lowest BCUT2D eigenvalue weighted by Gasteiger charge is -2.22. The van der Waals surface area contributed by atoms with Gasteiger partial charge in [0, 0.05) is 17.0 Å². The van der Waals surface area contributed by atoms with Gasteiger partial charge in [-0.05, 0) is 52.9 Å². The third-order valence-corrected chi connectivity index (χ3v) is 5.04. The first-order chi connectivity index (χ1) is 11.8. The molecule has 0 unspecified atom stereocenters. The molecule has 3 aromatic rings. The molecule has 4 rings (SSSR count). The molecular weight excluding hydrogens is 322 g/mol. The van der Waals surface area contributed by atoms with Crippen LogP contribution in [0.3, 0.4) is 0 Å². The van der Waals surface area contributed by atoms with Crippen LogP contribution in [0.2, 0.25) is 0 Å². The molecule has 0 saturated carbocycles. The second kappa shape index (κ2) is 6.45. The maximum absolute atomic E-state index is 13.1. The highest BCUT2D eigenvalue weighted by Gasteiger charge is 2.22. The summed E-state index contributed by atoms with van der Waals surface area (Å²) in [5.41, 5.74) is 2.38. The topological polar surface area (TPSA) is 63.9 Å². The molecule has 120 valence electrons. The number of nitrogens with zero attached hydrogens (tertiary/aromatic N) is 5. The van der Waals surface area contributed by atoms with Gasteiger partial charge in [-0.2, -0.15) is 0 Å². The minimum Gasteiger partial charge on any atom is -0.307 e. The SMILES string of the molecule is O=C(c1cccc(-n2cnnn2)c1)N1CCCSc2ccccc21. The second-order valence-corrected chi connectivity index (χ2v) is 6.57. The van der Waals surface area contributed by atoms with Crippen molar-refractivity contribution in [3.63, 3.8) is 0 Å². The van der Waals surface area contributed by atoms with E-state index in [2.05, 4.69) is 21.6 Å². The highest BCUT2D eigenvalue weighted by molar-refractivity contribution is 7.99. The van der Waals surface area contributed by atoms with Gasteiger partial charge in [-0.3, -0.25) is 4.79 Å². The van der Waals surface area contributed by atoms with Crippen molar-refractivity contribution in [2.45, 2.75) is 11.3 Å². The molecule has 0 bridgehead atoms. The minimum atomic E-state index is -0.000116. The predicted molar refractivity (Wildman–Crippen MR) is 92.6 cm³/mol. The van der Waals surface area contributed by atoms with E-state index in [1.807, 2.05) is 47.4 Å². The summed E-state index contributed by atoms with van der Waals surface area (Å²) >= 11 is 1.80. The fourth-order valence-corrected chi connectivity index (χ4v) is 3.75. The Morgan fingerprint density at radius 3 is 2.92 bits per heavy atom. The largest absolute Gasteiger partial charge is 0.307 e. The zero-order chi connectivity index (χ0) is 16.4. The Morgan fingerprint density at radius 1 is 1.12 bits per heavy atom. The lowest BCUT2D eigenvalue weighted by atomic mass is 10.1. The number of para-hydroxylation sites is 1. The number of carbonyl (C=O) groups is 1. The Balaban J connectivity index is 1.70. The van der Waals surface area contributed by atoms with E-state index in [1.165, 1.54) is 6.33 Å². The summed E-state index contributed by atoms with van der Waals surface area (Å²) in [7, 11) is 0. The molecule has 0 radical (unpaired) electrons. The first-order valence-corrected chi connectivity index (χ1v) is 8.68. The third kappa shape index (κ3) is 2.78. The fraction of sp³-hybridized carbons (Fsp3) is 0.176. The molecular formula is C17H15N5OS. The van der Waals surface area contributed by atoms with Crippen LogP contribution >= 0.6 is 11.8 Å². The van der Waals surface area contributed by atoms with E-state index < -0.39 is 0 Å². The van der Waals surface area contributed by atoms with Crippen LogP contribution in [0.4, 0.5) is 5.69 Å². The van der Waals surface area contributed by atoms with E-state index in [4.69, 9.17) is 0 Å². The van der Waals surface area contributed by atoms with Gasteiger partial charge in [0.15, 0.2) is 0 Å². The number of aromatic nitrogens is 4. The minimum absolute atomic E-state index is 0.000116. The Hall–Kier alpha value is -2.67. The van der Waals surface area contributed by atoms with Gasteiger partial charge in [0.05, 0.1) is 11.4 Å². The number of amides is 1. The van der Waals surface area contributed by atoms with Crippen LogP contribution in [0, 0.1) is 0 Å². The molecule has 0 aliphatic carbocycles. The average Bonchev–Trinajstić information content (AvgIpc) is 3.08. The van der Waals surface area contributed by atoms with Crippen molar-refractivity contribution < 1.29 is 4.79 Å². The highest BCUT2D eigenvalue weighted by Crippen LogP contribution is 2.34. The number of hydrogen-bond acceptors (Lipinski definition) is 5. The summed E-state index contributed by atoms with van der Waals surface area (Å²) < 4.78 is 1.54. The maximum atomic E-state index is 13.1. The summed E-state index contributed by atoms with van der Waals surface area (Å²) in [4.78, 5) is 16.1. The predicted octanol–water partition coefficient (Wildman–Crippen LogP) is 2.80. The quantitative estimate of drug-likeness (QED) is 0.719. The molecule has 7 heteroatoms. The van der Waals surface area contributed by atoms with Crippen molar-refractivity contribution in [2.75, 3.05) is 17.2 Å². The van der Waals surface area contributed by atoms with Crippen LogP contribution in [0.1, 0.15) is 16.8 Å². The second-order valence-electron chi connectivity index (χ2n) is 5.43. The molecule has 24 heavy (non-hydrogen) atoms. The van der Waals surface area contributed by atoms with Crippen molar-refractivity contribution in [3.05, 3.63) is 60.4 Å². The average molecular weight is 337 g/mol. The molecule has 2 aromatic carbocycles. The van der Waals surface area contributed by atoms with E-state index in [-0.39, 0.29) is 5.91 Å². The molecule has 1 aromatic heterocycles. The van der Waals surface area contributed by atoms with Gasteiger partial charge in [0.1, 0.15) is 6.33 Å². The summed E-state index contributed by atoms with van der Waals surface area (Å²) in [6.45, 7) is 0.720. The monoisotopic (exact) mass is 337 g/mol. The van der Waals surface area contributed by atoms with Crippen LogP contribution in [-0.4, -0.2) is 38.4 Å². The number of fused-ring (bicyclic) bond motifs is 1. The van der Waals surface area contributed by atoms with Gasteiger partial charge in [0.2, 0.25) is 0 Å². The molecule has 0 atom stereocenters. The maximum Gasteiger partial charge on any atom is 0.258 e. The number of thioether (sulfide) groups is 1. The summed E-state index contributed by atoms with van der Waals surface area (Å²) in [5, 5.41) is 11.2.